The SMILES string of the molecule is O=c1cc(OC2CCCc3cc(-c4c(F)cccc4F)nnc32)cc[nH]1. The first-order valence-corrected chi connectivity index (χ1v) is 8.28. The van der Waals surface area contributed by atoms with Gasteiger partial charge in [-0.1, -0.05) is 6.07 Å². The van der Waals surface area contributed by atoms with E-state index in [4.69, 9.17) is 4.74 Å². The minimum Gasteiger partial charge on any atom is -0.484 e. The van der Waals surface area contributed by atoms with Gasteiger partial charge in [-0.05, 0) is 49.1 Å². The van der Waals surface area contributed by atoms with E-state index in [1.165, 1.54) is 30.5 Å². The van der Waals surface area contributed by atoms with Crippen molar-refractivity contribution in [3.8, 4) is 17.0 Å². The molecule has 0 bridgehead atoms. The van der Waals surface area contributed by atoms with Crippen molar-refractivity contribution in [2.45, 2.75) is 25.4 Å². The van der Waals surface area contributed by atoms with E-state index in [-0.39, 0.29) is 22.9 Å². The Balaban J connectivity index is 1.69. The van der Waals surface area contributed by atoms with Crippen LogP contribution in [-0.2, 0) is 6.42 Å². The van der Waals surface area contributed by atoms with E-state index in [0.29, 0.717) is 11.4 Å². The van der Waals surface area contributed by atoms with Crippen LogP contribution in [0, 0.1) is 11.6 Å². The lowest BCUT2D eigenvalue weighted by atomic mass is 9.93. The zero-order valence-corrected chi connectivity index (χ0v) is 13.7. The summed E-state index contributed by atoms with van der Waals surface area (Å²) in [5, 5.41) is 8.20. The third kappa shape index (κ3) is 3.08. The quantitative estimate of drug-likeness (QED) is 0.780. The predicted molar refractivity (Wildman–Crippen MR) is 90.8 cm³/mol. The maximum atomic E-state index is 14.0. The highest BCUT2D eigenvalue weighted by molar-refractivity contribution is 5.61. The maximum Gasteiger partial charge on any atom is 0.251 e. The minimum atomic E-state index is -0.675. The maximum absolute atomic E-state index is 14.0. The molecule has 7 heteroatoms. The zero-order chi connectivity index (χ0) is 18.1. The molecule has 2 heterocycles. The minimum absolute atomic E-state index is 0.163. The van der Waals surface area contributed by atoms with E-state index in [0.717, 1.165) is 24.8 Å². The number of ether oxygens (including phenoxy) is 1. The molecule has 1 aromatic carbocycles. The fourth-order valence-corrected chi connectivity index (χ4v) is 3.17. The van der Waals surface area contributed by atoms with Gasteiger partial charge in [0.2, 0.25) is 0 Å². The van der Waals surface area contributed by atoms with Gasteiger partial charge >= 0.3 is 0 Å². The summed E-state index contributed by atoms with van der Waals surface area (Å²) in [5.74, 6) is -0.907. The van der Waals surface area contributed by atoms with Crippen LogP contribution in [0.25, 0.3) is 11.3 Å². The molecule has 1 N–H and O–H groups in total. The number of H-pyrrole nitrogens is 1. The van der Waals surface area contributed by atoms with Crippen molar-refractivity contribution in [2.75, 3.05) is 0 Å². The molecule has 132 valence electrons. The summed E-state index contributed by atoms with van der Waals surface area (Å²) in [5.41, 5.74) is 1.21. The number of benzene rings is 1. The fourth-order valence-electron chi connectivity index (χ4n) is 3.17. The van der Waals surface area contributed by atoms with E-state index >= 15 is 0 Å². The Bertz CT molecular complexity index is 999. The van der Waals surface area contributed by atoms with Gasteiger partial charge in [-0.3, -0.25) is 4.79 Å². The van der Waals surface area contributed by atoms with Crippen LogP contribution in [0.2, 0.25) is 0 Å². The number of aromatic amines is 1. The van der Waals surface area contributed by atoms with E-state index in [1.807, 2.05) is 0 Å². The van der Waals surface area contributed by atoms with Crippen LogP contribution < -0.4 is 10.3 Å². The predicted octanol–water partition coefficient (Wildman–Crippen LogP) is 3.57. The third-order valence-corrected chi connectivity index (χ3v) is 4.37. The number of rotatable bonds is 3. The Labute approximate surface area is 147 Å². The molecule has 0 saturated heterocycles. The number of nitrogens with zero attached hydrogens (tertiary/aromatic N) is 2. The molecule has 26 heavy (non-hydrogen) atoms. The highest BCUT2D eigenvalue weighted by atomic mass is 19.1. The van der Waals surface area contributed by atoms with Gasteiger partial charge in [0.15, 0.2) is 0 Å². The van der Waals surface area contributed by atoms with Gasteiger partial charge in [-0.2, -0.15) is 5.10 Å². The van der Waals surface area contributed by atoms with Crippen molar-refractivity contribution in [1.82, 2.24) is 15.2 Å². The summed E-state index contributed by atoms with van der Waals surface area (Å²) in [7, 11) is 0. The summed E-state index contributed by atoms with van der Waals surface area (Å²) in [6.45, 7) is 0. The van der Waals surface area contributed by atoms with E-state index < -0.39 is 11.6 Å². The lowest BCUT2D eigenvalue weighted by molar-refractivity contribution is 0.176. The first-order valence-electron chi connectivity index (χ1n) is 8.28. The lowest BCUT2D eigenvalue weighted by Crippen LogP contribution is -2.19. The second-order valence-electron chi connectivity index (χ2n) is 6.12. The number of nitrogens with one attached hydrogen (secondary N) is 1. The van der Waals surface area contributed by atoms with Gasteiger partial charge in [0.25, 0.3) is 5.56 Å². The van der Waals surface area contributed by atoms with Crippen LogP contribution in [0.15, 0.2) is 47.4 Å². The van der Waals surface area contributed by atoms with Gasteiger partial charge in [0, 0.05) is 12.3 Å². The summed E-state index contributed by atoms with van der Waals surface area (Å²) in [6, 6.07) is 8.39. The second kappa shape index (κ2) is 6.67. The number of aryl methyl sites for hydroxylation is 1. The average molecular weight is 355 g/mol. The van der Waals surface area contributed by atoms with E-state index in [9.17, 15) is 13.6 Å². The summed E-state index contributed by atoms with van der Waals surface area (Å²) >= 11 is 0. The molecular weight excluding hydrogens is 340 g/mol. The van der Waals surface area contributed by atoms with Gasteiger partial charge in [0.05, 0.1) is 11.3 Å². The molecule has 3 aromatic rings. The summed E-state index contributed by atoms with van der Waals surface area (Å²) in [4.78, 5) is 13.9. The lowest BCUT2D eigenvalue weighted by Gasteiger charge is -2.25. The first-order chi connectivity index (χ1) is 12.6. The number of aromatic nitrogens is 3. The van der Waals surface area contributed by atoms with Crippen molar-refractivity contribution in [2.24, 2.45) is 0 Å². The zero-order valence-electron chi connectivity index (χ0n) is 13.7. The molecule has 1 aliphatic carbocycles. The number of fused-ring (bicyclic) bond motifs is 1. The Morgan fingerprint density at radius 3 is 2.69 bits per heavy atom. The third-order valence-electron chi connectivity index (χ3n) is 4.37. The fraction of sp³-hybridized carbons (Fsp3) is 0.211. The molecule has 2 aromatic heterocycles. The van der Waals surface area contributed by atoms with E-state index in [1.54, 1.807) is 12.1 Å². The van der Waals surface area contributed by atoms with E-state index in [2.05, 4.69) is 15.2 Å². The van der Waals surface area contributed by atoms with Gasteiger partial charge < -0.3 is 9.72 Å². The van der Waals surface area contributed by atoms with Gasteiger partial charge in [-0.15, -0.1) is 5.10 Å². The Morgan fingerprint density at radius 2 is 1.92 bits per heavy atom. The van der Waals surface area contributed by atoms with Crippen LogP contribution in [0.1, 0.15) is 30.2 Å². The summed E-state index contributed by atoms with van der Waals surface area (Å²) in [6.07, 6.45) is 3.45. The smallest absolute Gasteiger partial charge is 0.251 e. The standard InChI is InChI=1S/C19H15F2N3O2/c20-13-4-2-5-14(21)18(13)15-9-11-3-1-6-16(19(11)24-23-15)26-12-7-8-22-17(25)10-12/h2,4-5,7-10,16H,1,3,6H2,(H,22,25). The molecule has 1 atom stereocenters. The topological polar surface area (TPSA) is 67.9 Å². The molecule has 0 spiro atoms. The Hall–Kier alpha value is -3.09. The molecule has 0 saturated carbocycles. The molecule has 1 aliphatic rings. The Kier molecular flexibility index (Phi) is 4.20. The first kappa shape index (κ1) is 16.4. The second-order valence-corrected chi connectivity index (χ2v) is 6.12. The number of hydrogen-bond donors (Lipinski definition) is 1. The van der Waals surface area contributed by atoms with Crippen molar-refractivity contribution >= 4 is 0 Å². The number of halogens is 2. The normalized spacial score (nSPS) is 16.2. The van der Waals surface area contributed by atoms with Gasteiger partial charge in [0.1, 0.15) is 29.2 Å². The van der Waals surface area contributed by atoms with Crippen LogP contribution in [-0.4, -0.2) is 15.2 Å². The number of pyridine rings is 1. The largest absolute Gasteiger partial charge is 0.484 e. The molecule has 0 aliphatic heterocycles. The highest BCUT2D eigenvalue weighted by Gasteiger charge is 2.26. The molecule has 1 unspecified atom stereocenters. The van der Waals surface area contributed by atoms with Crippen LogP contribution >= 0.6 is 0 Å². The van der Waals surface area contributed by atoms with Crippen molar-refractivity contribution in [3.05, 3.63) is 75.8 Å². The van der Waals surface area contributed by atoms with Crippen LogP contribution in [0.4, 0.5) is 8.78 Å². The highest BCUT2D eigenvalue weighted by Crippen LogP contribution is 2.34. The number of hydrogen-bond acceptors (Lipinski definition) is 4. The average Bonchev–Trinajstić information content (AvgIpc) is 2.62. The van der Waals surface area contributed by atoms with Gasteiger partial charge in [-0.25, -0.2) is 8.78 Å². The molecule has 5 nitrogen and oxygen atoms in total. The summed E-state index contributed by atoms with van der Waals surface area (Å²) < 4.78 is 33.9. The molecule has 4 rings (SSSR count). The monoisotopic (exact) mass is 355 g/mol. The molecule has 0 radical (unpaired) electrons. The van der Waals surface area contributed by atoms with Crippen molar-refractivity contribution in [1.29, 1.82) is 0 Å². The molecule has 0 fully saturated rings. The Morgan fingerprint density at radius 1 is 1.12 bits per heavy atom. The van der Waals surface area contributed by atoms with Crippen LogP contribution in [0.3, 0.4) is 0 Å². The van der Waals surface area contributed by atoms with Crippen LogP contribution in [0.5, 0.6) is 5.75 Å². The molecule has 0 amide bonds. The molecular formula is C19H15F2N3O2. The van der Waals surface area contributed by atoms with Crippen molar-refractivity contribution in [3.63, 3.8) is 0 Å². The van der Waals surface area contributed by atoms with Crippen molar-refractivity contribution < 1.29 is 13.5 Å².